The molecule has 0 amide bonds. The summed E-state index contributed by atoms with van der Waals surface area (Å²) in [6, 6.07) is 0. The molecule has 3 saturated carbocycles. The van der Waals surface area contributed by atoms with Crippen molar-refractivity contribution in [2.24, 2.45) is 52.3 Å². The molecule has 4 aliphatic rings. The van der Waals surface area contributed by atoms with Crippen LogP contribution in [0.3, 0.4) is 0 Å². The monoisotopic (exact) mass is 438 g/mol. The third kappa shape index (κ3) is 3.78. The number of hydrogen-bond acceptors (Lipinski definition) is 1. The second-order valence-corrected chi connectivity index (χ2v) is 12.9. The molecule has 180 valence electrons. The molecule has 0 radical (unpaired) electrons. The lowest BCUT2D eigenvalue weighted by atomic mass is 9.46. The average molecular weight is 439 g/mol. The van der Waals surface area contributed by atoms with Gasteiger partial charge < -0.3 is 0 Å². The van der Waals surface area contributed by atoms with E-state index in [-0.39, 0.29) is 0 Å². The Morgan fingerprint density at radius 1 is 1.09 bits per heavy atom. The molecule has 1 nitrogen and oxygen atoms in total. The molecule has 0 N–H and O–H groups in total. The summed E-state index contributed by atoms with van der Waals surface area (Å²) in [6.07, 6.45) is 17.5. The topological polar surface area (TPSA) is 17.1 Å². The first-order valence-corrected chi connectivity index (χ1v) is 14.0. The van der Waals surface area contributed by atoms with E-state index in [9.17, 15) is 4.79 Å². The van der Waals surface area contributed by atoms with Crippen molar-refractivity contribution in [2.45, 2.75) is 113 Å². The first-order chi connectivity index (χ1) is 15.2. The van der Waals surface area contributed by atoms with Crippen LogP contribution >= 0.6 is 0 Å². The molecule has 4 aliphatic carbocycles. The maximum atomic E-state index is 12.7. The van der Waals surface area contributed by atoms with Crippen molar-refractivity contribution in [1.82, 2.24) is 0 Å². The fourth-order valence-electron chi connectivity index (χ4n) is 9.42. The molecule has 0 saturated heterocycles. The predicted octanol–water partition coefficient (Wildman–Crippen LogP) is 8.79. The SMILES string of the molecule is CC=C(CCC(C)[C@H]1CC[C@H]2C3=CCC4[C@@H](CC)C(=O)CC[C@]4(C)[C@H]3CC[C@]12C)C(C)C. The van der Waals surface area contributed by atoms with E-state index >= 15 is 0 Å². The van der Waals surface area contributed by atoms with Crippen LogP contribution in [0.5, 0.6) is 0 Å². The number of ketones is 1. The molecule has 0 aliphatic heterocycles. The smallest absolute Gasteiger partial charge is 0.136 e. The van der Waals surface area contributed by atoms with Gasteiger partial charge in [-0.1, -0.05) is 64.8 Å². The van der Waals surface area contributed by atoms with Gasteiger partial charge in [0.05, 0.1) is 0 Å². The van der Waals surface area contributed by atoms with E-state index in [1.54, 1.807) is 5.57 Å². The molecule has 4 rings (SSSR count). The normalized spacial score (nSPS) is 42.9. The maximum Gasteiger partial charge on any atom is 0.136 e. The lowest BCUT2D eigenvalue weighted by molar-refractivity contribution is -0.135. The van der Waals surface area contributed by atoms with Crippen LogP contribution in [0.4, 0.5) is 0 Å². The lowest BCUT2D eigenvalue weighted by Crippen LogP contribution is -2.52. The van der Waals surface area contributed by atoms with Gasteiger partial charge in [-0.05, 0) is 111 Å². The summed E-state index contributed by atoms with van der Waals surface area (Å²) < 4.78 is 0. The molecule has 0 aromatic carbocycles. The van der Waals surface area contributed by atoms with E-state index in [1.165, 1.54) is 44.9 Å². The zero-order valence-electron chi connectivity index (χ0n) is 22.2. The summed E-state index contributed by atoms with van der Waals surface area (Å²) in [7, 11) is 0. The van der Waals surface area contributed by atoms with E-state index < -0.39 is 0 Å². The molecular weight excluding hydrogens is 388 g/mol. The molecular formula is C31H50O. The summed E-state index contributed by atoms with van der Waals surface area (Å²) >= 11 is 0. The number of fused-ring (bicyclic) bond motifs is 5. The Hall–Kier alpha value is -0.850. The summed E-state index contributed by atoms with van der Waals surface area (Å²) in [5, 5.41) is 0. The third-order valence-electron chi connectivity index (χ3n) is 11.4. The molecule has 0 aromatic heterocycles. The molecule has 3 fully saturated rings. The van der Waals surface area contributed by atoms with Gasteiger partial charge in [0.25, 0.3) is 0 Å². The van der Waals surface area contributed by atoms with Gasteiger partial charge in [-0.2, -0.15) is 0 Å². The second-order valence-electron chi connectivity index (χ2n) is 12.9. The van der Waals surface area contributed by atoms with E-state index in [0.717, 1.165) is 42.9 Å². The Balaban J connectivity index is 1.53. The largest absolute Gasteiger partial charge is 0.299 e. The van der Waals surface area contributed by atoms with Gasteiger partial charge in [0.1, 0.15) is 5.78 Å². The highest BCUT2D eigenvalue weighted by Crippen LogP contribution is 2.67. The van der Waals surface area contributed by atoms with Crippen LogP contribution in [0.2, 0.25) is 0 Å². The van der Waals surface area contributed by atoms with Crippen LogP contribution < -0.4 is 0 Å². The molecule has 0 heterocycles. The van der Waals surface area contributed by atoms with Gasteiger partial charge in [0.15, 0.2) is 0 Å². The zero-order chi connectivity index (χ0) is 23.3. The molecule has 32 heavy (non-hydrogen) atoms. The number of carbonyl (C=O) groups excluding carboxylic acids is 1. The quantitative estimate of drug-likeness (QED) is 0.379. The Bertz CT molecular complexity index is 771. The minimum absolute atomic E-state index is 0.318. The predicted molar refractivity (Wildman–Crippen MR) is 136 cm³/mol. The van der Waals surface area contributed by atoms with Crippen molar-refractivity contribution in [3.8, 4) is 0 Å². The van der Waals surface area contributed by atoms with Gasteiger partial charge in [-0.15, -0.1) is 0 Å². The second kappa shape index (κ2) is 9.07. The highest BCUT2D eigenvalue weighted by Gasteiger charge is 2.59. The first-order valence-electron chi connectivity index (χ1n) is 14.0. The fraction of sp³-hybridized carbons (Fsp3) is 0.839. The molecule has 0 aromatic rings. The van der Waals surface area contributed by atoms with Crippen LogP contribution in [0.25, 0.3) is 0 Å². The summed E-state index contributed by atoms with van der Waals surface area (Å²) in [6.45, 7) is 17.0. The fourth-order valence-corrected chi connectivity index (χ4v) is 9.42. The Morgan fingerprint density at radius 2 is 1.81 bits per heavy atom. The standard InChI is InChI=1S/C31H50O/c1-8-22(20(3)4)11-10-21(5)25-14-15-27-24-12-13-26-23(9-2)29(32)17-19-31(26,7)28(24)16-18-30(25,27)6/h8,12,20-21,23,25-28H,9-11,13-19H2,1-7H3/t21?,23-,25-,26?,27+,28+,30-,31+/m1/s1. The van der Waals surface area contributed by atoms with E-state index in [2.05, 4.69) is 60.6 Å². The highest BCUT2D eigenvalue weighted by atomic mass is 16.1. The van der Waals surface area contributed by atoms with Gasteiger partial charge in [-0.3, -0.25) is 4.79 Å². The van der Waals surface area contributed by atoms with Gasteiger partial charge in [0.2, 0.25) is 0 Å². The average Bonchev–Trinajstić information content (AvgIpc) is 3.11. The zero-order valence-corrected chi connectivity index (χ0v) is 22.2. The number of allylic oxidation sites excluding steroid dienone is 4. The maximum absolute atomic E-state index is 12.7. The summed E-state index contributed by atoms with van der Waals surface area (Å²) in [5.74, 6) is 5.40. The van der Waals surface area contributed by atoms with Crippen LogP contribution in [-0.4, -0.2) is 5.78 Å². The van der Waals surface area contributed by atoms with Crippen molar-refractivity contribution in [1.29, 1.82) is 0 Å². The lowest BCUT2D eigenvalue weighted by Gasteiger charge is -2.58. The molecule has 8 atom stereocenters. The third-order valence-corrected chi connectivity index (χ3v) is 11.4. The number of rotatable bonds is 6. The number of carbonyl (C=O) groups is 1. The first kappa shape index (κ1) is 24.3. The number of Topliss-reactive ketones (excluding diaryl/α,β-unsaturated/α-hetero) is 1. The van der Waals surface area contributed by atoms with Gasteiger partial charge in [0, 0.05) is 12.3 Å². The summed E-state index contributed by atoms with van der Waals surface area (Å²) in [5.41, 5.74) is 4.34. The van der Waals surface area contributed by atoms with Crippen molar-refractivity contribution < 1.29 is 4.79 Å². The van der Waals surface area contributed by atoms with E-state index in [4.69, 9.17) is 0 Å². The van der Waals surface area contributed by atoms with Crippen LogP contribution in [0, 0.1) is 52.3 Å². The molecule has 2 unspecified atom stereocenters. The Kier molecular flexibility index (Phi) is 6.88. The van der Waals surface area contributed by atoms with E-state index in [1.807, 2.05) is 5.57 Å². The van der Waals surface area contributed by atoms with Crippen molar-refractivity contribution in [2.75, 3.05) is 0 Å². The van der Waals surface area contributed by atoms with Crippen LogP contribution in [0.1, 0.15) is 113 Å². The highest BCUT2D eigenvalue weighted by molar-refractivity contribution is 5.82. The Labute approximate surface area is 198 Å². The molecule has 0 bridgehead atoms. The minimum atomic E-state index is 0.318. The van der Waals surface area contributed by atoms with Crippen molar-refractivity contribution in [3.05, 3.63) is 23.3 Å². The van der Waals surface area contributed by atoms with Crippen LogP contribution in [-0.2, 0) is 4.79 Å². The van der Waals surface area contributed by atoms with Gasteiger partial charge >= 0.3 is 0 Å². The minimum Gasteiger partial charge on any atom is -0.299 e. The summed E-state index contributed by atoms with van der Waals surface area (Å²) in [4.78, 5) is 12.7. The van der Waals surface area contributed by atoms with Crippen molar-refractivity contribution in [3.63, 3.8) is 0 Å². The molecule has 1 heteroatoms. The van der Waals surface area contributed by atoms with Crippen molar-refractivity contribution >= 4 is 5.78 Å². The number of hydrogen-bond donors (Lipinski definition) is 0. The Morgan fingerprint density at radius 3 is 2.47 bits per heavy atom. The van der Waals surface area contributed by atoms with Crippen LogP contribution in [0.15, 0.2) is 23.3 Å². The molecule has 0 spiro atoms. The van der Waals surface area contributed by atoms with Gasteiger partial charge in [-0.25, -0.2) is 0 Å². The van der Waals surface area contributed by atoms with E-state index in [0.29, 0.717) is 34.4 Å².